The fourth-order valence-electron chi connectivity index (χ4n) is 2.02. The van der Waals surface area contributed by atoms with E-state index in [0.29, 0.717) is 17.9 Å². The Morgan fingerprint density at radius 2 is 1.79 bits per heavy atom. The molecule has 3 aromatic rings. The first-order valence-electron chi connectivity index (χ1n) is 5.94. The number of ether oxygens (including phenoxy) is 1. The van der Waals surface area contributed by atoms with E-state index in [0.717, 1.165) is 10.9 Å². The second kappa shape index (κ2) is 4.57. The molecule has 4 nitrogen and oxygen atoms in total. The van der Waals surface area contributed by atoms with Gasteiger partial charge in [0.1, 0.15) is 23.9 Å². The van der Waals surface area contributed by atoms with Gasteiger partial charge in [-0.3, -0.25) is 0 Å². The summed E-state index contributed by atoms with van der Waals surface area (Å²) >= 11 is 0. The fourth-order valence-corrected chi connectivity index (χ4v) is 2.02. The first kappa shape index (κ1) is 11.5. The first-order valence-corrected chi connectivity index (χ1v) is 5.94. The third kappa shape index (κ3) is 2.20. The summed E-state index contributed by atoms with van der Waals surface area (Å²) in [5.41, 5.74) is 1.69. The normalized spacial score (nSPS) is 10.7. The number of rotatable bonds is 3. The van der Waals surface area contributed by atoms with Gasteiger partial charge in [-0.15, -0.1) is 0 Å². The molecule has 0 saturated heterocycles. The lowest BCUT2D eigenvalue weighted by molar-refractivity contribution is 0.307. The second-order valence-electron chi connectivity index (χ2n) is 4.30. The highest BCUT2D eigenvalue weighted by molar-refractivity contribution is 5.87. The lowest BCUT2D eigenvalue weighted by Crippen LogP contribution is -1.93. The average molecular weight is 255 g/mol. The molecular weight excluding hydrogens is 242 g/mol. The number of fused-ring (bicyclic) bond motifs is 1. The quantitative estimate of drug-likeness (QED) is 0.673. The predicted molar refractivity (Wildman–Crippen MR) is 72.4 cm³/mol. The zero-order chi connectivity index (χ0) is 13.2. The van der Waals surface area contributed by atoms with Crippen molar-refractivity contribution < 1.29 is 14.9 Å². The van der Waals surface area contributed by atoms with Crippen LogP contribution < -0.4 is 4.74 Å². The molecule has 19 heavy (non-hydrogen) atoms. The van der Waals surface area contributed by atoms with Crippen LogP contribution in [0, 0.1) is 0 Å². The van der Waals surface area contributed by atoms with E-state index in [9.17, 15) is 10.2 Å². The lowest BCUT2D eigenvalue weighted by atomic mass is 10.2. The number of phenols is 2. The van der Waals surface area contributed by atoms with E-state index >= 15 is 0 Å². The summed E-state index contributed by atoms with van der Waals surface area (Å²) in [5, 5.41) is 19.8. The molecule has 0 aliphatic heterocycles. The number of aromatic amines is 1. The van der Waals surface area contributed by atoms with Crippen LogP contribution in [0.1, 0.15) is 5.56 Å². The van der Waals surface area contributed by atoms with Crippen LogP contribution in [0.3, 0.4) is 0 Å². The molecular formula is C15H13NO3. The monoisotopic (exact) mass is 255 g/mol. The Bertz CT molecular complexity index is 701. The number of benzene rings is 2. The van der Waals surface area contributed by atoms with E-state index < -0.39 is 0 Å². The Kier molecular flexibility index (Phi) is 2.76. The minimum absolute atomic E-state index is 0.212. The van der Waals surface area contributed by atoms with Crippen molar-refractivity contribution in [2.75, 3.05) is 0 Å². The molecule has 2 aromatic carbocycles. The topological polar surface area (TPSA) is 65.5 Å². The maximum absolute atomic E-state index is 9.70. The van der Waals surface area contributed by atoms with Crippen molar-refractivity contribution in [2.24, 2.45) is 0 Å². The van der Waals surface area contributed by atoms with E-state index in [4.69, 9.17) is 4.74 Å². The van der Waals surface area contributed by atoms with Gasteiger partial charge in [-0.1, -0.05) is 12.1 Å². The van der Waals surface area contributed by atoms with Crippen molar-refractivity contribution in [3.63, 3.8) is 0 Å². The van der Waals surface area contributed by atoms with Crippen LogP contribution in [0.2, 0.25) is 0 Å². The third-order valence-electron chi connectivity index (χ3n) is 3.01. The molecule has 3 N–H and O–H groups in total. The van der Waals surface area contributed by atoms with Crippen molar-refractivity contribution in [1.82, 2.24) is 4.98 Å². The highest BCUT2D eigenvalue weighted by Crippen LogP contribution is 2.27. The summed E-state index contributed by atoms with van der Waals surface area (Å²) in [6, 6.07) is 12.0. The smallest absolute Gasteiger partial charge is 0.139 e. The SMILES string of the molecule is Oc1ccc(OCc2c[nH]c3c(O)cccc23)cc1. The van der Waals surface area contributed by atoms with Crippen molar-refractivity contribution in [3.05, 3.63) is 54.2 Å². The summed E-state index contributed by atoms with van der Waals surface area (Å²) in [4.78, 5) is 3.03. The average Bonchev–Trinajstić information content (AvgIpc) is 2.83. The van der Waals surface area contributed by atoms with Crippen LogP contribution in [0.25, 0.3) is 10.9 Å². The van der Waals surface area contributed by atoms with Gasteiger partial charge in [-0.05, 0) is 30.3 Å². The number of aromatic nitrogens is 1. The van der Waals surface area contributed by atoms with Gasteiger partial charge in [0.25, 0.3) is 0 Å². The van der Waals surface area contributed by atoms with Crippen LogP contribution in [-0.2, 0) is 6.61 Å². The maximum Gasteiger partial charge on any atom is 0.139 e. The number of para-hydroxylation sites is 1. The molecule has 0 spiro atoms. The van der Waals surface area contributed by atoms with Gasteiger partial charge >= 0.3 is 0 Å². The van der Waals surface area contributed by atoms with E-state index in [1.54, 1.807) is 36.4 Å². The third-order valence-corrected chi connectivity index (χ3v) is 3.01. The molecule has 0 aliphatic rings. The lowest BCUT2D eigenvalue weighted by Gasteiger charge is -2.05. The highest BCUT2D eigenvalue weighted by atomic mass is 16.5. The molecule has 3 rings (SSSR count). The molecule has 0 fully saturated rings. The van der Waals surface area contributed by atoms with Gasteiger partial charge in [0.15, 0.2) is 0 Å². The van der Waals surface area contributed by atoms with Crippen LogP contribution in [0.5, 0.6) is 17.2 Å². The zero-order valence-electron chi connectivity index (χ0n) is 10.1. The van der Waals surface area contributed by atoms with Gasteiger partial charge in [0.2, 0.25) is 0 Å². The summed E-state index contributed by atoms with van der Waals surface area (Å²) in [6.07, 6.45) is 1.82. The number of H-pyrrole nitrogens is 1. The molecule has 0 atom stereocenters. The molecule has 0 bridgehead atoms. The molecule has 96 valence electrons. The van der Waals surface area contributed by atoms with Gasteiger partial charge in [-0.25, -0.2) is 0 Å². The Hall–Kier alpha value is -2.62. The minimum Gasteiger partial charge on any atom is -0.508 e. The van der Waals surface area contributed by atoms with Crippen LogP contribution in [0.15, 0.2) is 48.7 Å². The molecule has 4 heteroatoms. The minimum atomic E-state index is 0.212. The van der Waals surface area contributed by atoms with Crippen molar-refractivity contribution in [2.45, 2.75) is 6.61 Å². The Morgan fingerprint density at radius 3 is 2.58 bits per heavy atom. The Labute approximate surface area is 109 Å². The number of nitrogens with one attached hydrogen (secondary N) is 1. The standard InChI is InChI=1S/C15H13NO3/c17-11-4-6-12(7-5-11)19-9-10-8-16-15-13(10)2-1-3-14(15)18/h1-8,16-18H,9H2. The van der Waals surface area contributed by atoms with Crippen molar-refractivity contribution >= 4 is 10.9 Å². The highest BCUT2D eigenvalue weighted by Gasteiger charge is 2.07. The number of aromatic hydroxyl groups is 2. The first-order chi connectivity index (χ1) is 9.24. The number of hydrogen-bond acceptors (Lipinski definition) is 3. The maximum atomic E-state index is 9.70. The molecule has 1 heterocycles. The Morgan fingerprint density at radius 1 is 1.00 bits per heavy atom. The van der Waals surface area contributed by atoms with Crippen LogP contribution in [-0.4, -0.2) is 15.2 Å². The van der Waals surface area contributed by atoms with E-state index in [2.05, 4.69) is 4.98 Å². The largest absolute Gasteiger partial charge is 0.508 e. The van der Waals surface area contributed by atoms with Crippen molar-refractivity contribution in [3.8, 4) is 17.2 Å². The summed E-state index contributed by atoms with van der Waals surface area (Å²) in [7, 11) is 0. The Balaban J connectivity index is 1.82. The van der Waals surface area contributed by atoms with Gasteiger partial charge in [0, 0.05) is 17.1 Å². The van der Waals surface area contributed by atoms with E-state index in [-0.39, 0.29) is 11.5 Å². The van der Waals surface area contributed by atoms with Crippen LogP contribution >= 0.6 is 0 Å². The summed E-state index contributed by atoms with van der Waals surface area (Å²) < 4.78 is 5.64. The molecule has 0 radical (unpaired) electrons. The molecule has 0 amide bonds. The predicted octanol–water partition coefficient (Wildman–Crippen LogP) is 3.16. The zero-order valence-corrected chi connectivity index (χ0v) is 10.1. The van der Waals surface area contributed by atoms with Gasteiger partial charge in [-0.2, -0.15) is 0 Å². The van der Waals surface area contributed by atoms with Crippen molar-refractivity contribution in [1.29, 1.82) is 0 Å². The molecule has 0 aliphatic carbocycles. The summed E-state index contributed by atoms with van der Waals surface area (Å²) in [5.74, 6) is 1.13. The molecule has 0 saturated carbocycles. The molecule has 0 unspecified atom stereocenters. The van der Waals surface area contributed by atoms with Gasteiger partial charge in [0.05, 0.1) is 5.52 Å². The fraction of sp³-hybridized carbons (Fsp3) is 0.0667. The van der Waals surface area contributed by atoms with E-state index in [1.165, 1.54) is 0 Å². The van der Waals surface area contributed by atoms with Crippen LogP contribution in [0.4, 0.5) is 0 Å². The van der Waals surface area contributed by atoms with Gasteiger partial charge < -0.3 is 19.9 Å². The number of hydrogen-bond donors (Lipinski definition) is 3. The number of phenolic OH excluding ortho intramolecular Hbond substituents is 2. The second-order valence-corrected chi connectivity index (χ2v) is 4.30. The molecule has 1 aromatic heterocycles. The van der Waals surface area contributed by atoms with E-state index in [1.807, 2.05) is 12.3 Å². The summed E-state index contributed by atoms with van der Waals surface area (Å²) in [6.45, 7) is 0.397.